The molecule has 37 heavy (non-hydrogen) atoms. The number of anilines is 1. The van der Waals surface area contributed by atoms with E-state index in [1.54, 1.807) is 17.9 Å². The number of hydrogen-bond donors (Lipinski definition) is 1. The van der Waals surface area contributed by atoms with Crippen molar-refractivity contribution in [1.29, 1.82) is 0 Å². The number of rotatable bonds is 6. The molecule has 1 aliphatic rings. The SMILES string of the molecule is CC(=O)N1CCCCCCCN(C(C)C)Cc2cc(C(=O)NCCS(=O)(=O)c3ccc(F)cc3)ccc21. The lowest BCUT2D eigenvalue weighted by Crippen LogP contribution is -2.35. The predicted molar refractivity (Wildman–Crippen MR) is 144 cm³/mol. The van der Waals surface area contributed by atoms with Crippen LogP contribution in [0.5, 0.6) is 0 Å². The van der Waals surface area contributed by atoms with E-state index in [0.717, 1.165) is 62.0 Å². The first kappa shape index (κ1) is 28.8. The van der Waals surface area contributed by atoms with Gasteiger partial charge in [0, 0.05) is 43.9 Å². The van der Waals surface area contributed by atoms with Gasteiger partial charge < -0.3 is 10.2 Å². The minimum absolute atomic E-state index is 0.0149. The van der Waals surface area contributed by atoms with Crippen molar-refractivity contribution in [1.82, 2.24) is 10.2 Å². The second-order valence-corrected chi connectivity index (χ2v) is 12.0. The highest BCUT2D eigenvalue weighted by molar-refractivity contribution is 7.91. The van der Waals surface area contributed by atoms with Crippen molar-refractivity contribution in [2.75, 3.05) is 30.3 Å². The molecule has 0 aromatic heterocycles. The molecule has 1 aliphatic heterocycles. The number of carbonyl (C=O) groups is 2. The van der Waals surface area contributed by atoms with Gasteiger partial charge in [-0.2, -0.15) is 0 Å². The van der Waals surface area contributed by atoms with E-state index >= 15 is 0 Å². The highest BCUT2D eigenvalue weighted by atomic mass is 32.2. The molecule has 9 heteroatoms. The van der Waals surface area contributed by atoms with E-state index in [4.69, 9.17) is 0 Å². The second kappa shape index (κ2) is 13.1. The van der Waals surface area contributed by atoms with Crippen LogP contribution < -0.4 is 10.2 Å². The number of halogens is 1. The van der Waals surface area contributed by atoms with Crippen molar-refractivity contribution >= 4 is 27.3 Å². The van der Waals surface area contributed by atoms with Crippen molar-refractivity contribution < 1.29 is 22.4 Å². The van der Waals surface area contributed by atoms with Crippen molar-refractivity contribution in [3.63, 3.8) is 0 Å². The maximum Gasteiger partial charge on any atom is 0.251 e. The molecule has 2 aromatic carbocycles. The molecule has 0 fully saturated rings. The van der Waals surface area contributed by atoms with Gasteiger partial charge in [-0.25, -0.2) is 12.8 Å². The Morgan fingerprint density at radius 1 is 0.973 bits per heavy atom. The van der Waals surface area contributed by atoms with Crippen LogP contribution in [-0.2, 0) is 21.2 Å². The lowest BCUT2D eigenvalue weighted by molar-refractivity contribution is -0.116. The third-order valence-electron chi connectivity index (χ3n) is 6.77. The fraction of sp³-hybridized carbons (Fsp3) is 0.500. The van der Waals surface area contributed by atoms with Crippen LogP contribution in [0.1, 0.15) is 68.8 Å². The molecule has 7 nitrogen and oxygen atoms in total. The Kier molecular flexibility index (Phi) is 10.2. The zero-order valence-electron chi connectivity index (χ0n) is 22.0. The van der Waals surface area contributed by atoms with Gasteiger partial charge in [0.2, 0.25) is 5.91 Å². The molecule has 0 bridgehead atoms. The summed E-state index contributed by atoms with van der Waals surface area (Å²) in [6.07, 6.45) is 5.41. The number of fused-ring (bicyclic) bond motifs is 1. The molecule has 0 saturated carbocycles. The molecule has 0 atom stereocenters. The van der Waals surface area contributed by atoms with Crippen LogP contribution in [0.2, 0.25) is 0 Å². The van der Waals surface area contributed by atoms with E-state index in [0.29, 0.717) is 24.7 Å². The molecule has 2 aromatic rings. The smallest absolute Gasteiger partial charge is 0.251 e. The Labute approximate surface area is 220 Å². The maximum atomic E-state index is 13.1. The molecular weight excluding hydrogens is 493 g/mol. The van der Waals surface area contributed by atoms with Gasteiger partial charge >= 0.3 is 0 Å². The van der Waals surface area contributed by atoms with Crippen LogP contribution in [0, 0.1) is 5.82 Å². The molecule has 2 amide bonds. The van der Waals surface area contributed by atoms with Gasteiger partial charge in [0.1, 0.15) is 5.82 Å². The van der Waals surface area contributed by atoms with Crippen molar-refractivity contribution in [2.45, 2.75) is 70.4 Å². The minimum Gasteiger partial charge on any atom is -0.351 e. The fourth-order valence-corrected chi connectivity index (χ4v) is 5.74. The molecule has 3 rings (SSSR count). The minimum atomic E-state index is -3.66. The number of amides is 2. The summed E-state index contributed by atoms with van der Waals surface area (Å²) in [5.74, 6) is -1.22. The van der Waals surface area contributed by atoms with Crippen LogP contribution in [-0.4, -0.2) is 56.6 Å². The highest BCUT2D eigenvalue weighted by Crippen LogP contribution is 2.27. The van der Waals surface area contributed by atoms with E-state index in [-0.39, 0.29) is 29.0 Å². The molecular formula is C28H38FN3O4S. The summed E-state index contributed by atoms with van der Waals surface area (Å²) in [6, 6.07) is 10.3. The van der Waals surface area contributed by atoms with Gasteiger partial charge in [0.05, 0.1) is 10.6 Å². The van der Waals surface area contributed by atoms with Gasteiger partial charge in [-0.3, -0.25) is 14.5 Å². The van der Waals surface area contributed by atoms with Gasteiger partial charge in [-0.1, -0.05) is 19.3 Å². The molecule has 0 aliphatic carbocycles. The summed E-state index contributed by atoms with van der Waals surface area (Å²) in [5.41, 5.74) is 2.13. The zero-order chi connectivity index (χ0) is 27.0. The topological polar surface area (TPSA) is 86.8 Å². The van der Waals surface area contributed by atoms with E-state index < -0.39 is 15.7 Å². The molecule has 1 N–H and O–H groups in total. The number of nitrogens with one attached hydrogen (secondary N) is 1. The monoisotopic (exact) mass is 531 g/mol. The fourth-order valence-electron chi connectivity index (χ4n) is 4.58. The summed E-state index contributed by atoms with van der Waals surface area (Å²) in [6.45, 7) is 7.96. The molecule has 202 valence electrons. The van der Waals surface area contributed by atoms with Crippen molar-refractivity contribution in [2.24, 2.45) is 0 Å². The Hall–Kier alpha value is -2.78. The average molecular weight is 532 g/mol. The average Bonchev–Trinajstić information content (AvgIpc) is 2.84. The van der Waals surface area contributed by atoms with Gasteiger partial charge in [-0.05, 0) is 81.3 Å². The van der Waals surface area contributed by atoms with E-state index in [2.05, 4.69) is 24.1 Å². The van der Waals surface area contributed by atoms with Gasteiger partial charge in [-0.15, -0.1) is 0 Å². The number of nitrogens with zero attached hydrogens (tertiary/aromatic N) is 2. The van der Waals surface area contributed by atoms with E-state index in [1.165, 1.54) is 12.1 Å². The lowest BCUT2D eigenvalue weighted by Gasteiger charge is -2.31. The molecule has 0 unspecified atom stereocenters. The van der Waals surface area contributed by atoms with Gasteiger partial charge in [0.15, 0.2) is 9.84 Å². The van der Waals surface area contributed by atoms with E-state index in [9.17, 15) is 22.4 Å². The van der Waals surface area contributed by atoms with Crippen LogP contribution in [0.25, 0.3) is 0 Å². The first-order valence-corrected chi connectivity index (χ1v) is 14.7. The molecule has 0 radical (unpaired) electrons. The summed E-state index contributed by atoms with van der Waals surface area (Å²) in [4.78, 5) is 29.7. The number of carbonyl (C=O) groups excluding carboxylic acids is 2. The molecule has 1 heterocycles. The zero-order valence-corrected chi connectivity index (χ0v) is 22.8. The first-order chi connectivity index (χ1) is 17.6. The van der Waals surface area contributed by atoms with Crippen LogP contribution in [0.4, 0.5) is 10.1 Å². The van der Waals surface area contributed by atoms with Crippen LogP contribution in [0.3, 0.4) is 0 Å². The normalized spacial score (nSPS) is 16.0. The number of benzene rings is 2. The third kappa shape index (κ3) is 8.10. The largest absolute Gasteiger partial charge is 0.351 e. The summed E-state index contributed by atoms with van der Waals surface area (Å²) in [5, 5.41) is 2.69. The van der Waals surface area contributed by atoms with Crippen LogP contribution >= 0.6 is 0 Å². The quantitative estimate of drug-likeness (QED) is 0.553. The highest BCUT2D eigenvalue weighted by Gasteiger charge is 2.21. The maximum absolute atomic E-state index is 13.1. The molecule has 0 spiro atoms. The summed E-state index contributed by atoms with van der Waals surface area (Å²) in [7, 11) is -3.66. The summed E-state index contributed by atoms with van der Waals surface area (Å²) >= 11 is 0. The Morgan fingerprint density at radius 2 is 1.62 bits per heavy atom. The lowest BCUT2D eigenvalue weighted by atomic mass is 10.0. The van der Waals surface area contributed by atoms with Crippen molar-refractivity contribution in [3.8, 4) is 0 Å². The predicted octanol–water partition coefficient (Wildman–Crippen LogP) is 4.56. The second-order valence-electron chi connectivity index (χ2n) is 9.87. The summed E-state index contributed by atoms with van der Waals surface area (Å²) < 4.78 is 38.2. The van der Waals surface area contributed by atoms with Crippen LogP contribution in [0.15, 0.2) is 47.4 Å². The number of sulfone groups is 1. The standard InChI is InChI=1S/C28H38FN3O4S/c1-21(2)31-16-7-5-4-6-8-17-32(22(3)33)27-14-9-23(19-24(27)20-31)28(34)30-15-18-37(35,36)26-12-10-25(29)11-13-26/h9-14,19,21H,4-8,15-18,20H2,1-3H3,(H,30,34). The Morgan fingerprint density at radius 3 is 2.27 bits per heavy atom. The van der Waals surface area contributed by atoms with E-state index in [1.807, 2.05) is 12.1 Å². The first-order valence-electron chi connectivity index (χ1n) is 13.0. The third-order valence-corrected chi connectivity index (χ3v) is 8.50. The Balaban J connectivity index is 1.80. The molecule has 0 saturated heterocycles. The van der Waals surface area contributed by atoms with Crippen molar-refractivity contribution in [3.05, 3.63) is 59.4 Å². The number of hydrogen-bond acceptors (Lipinski definition) is 5. The Bertz CT molecular complexity index is 1180. The van der Waals surface area contributed by atoms with Gasteiger partial charge in [0.25, 0.3) is 5.91 Å².